The summed E-state index contributed by atoms with van der Waals surface area (Å²) in [6, 6.07) is 18.4. The number of carboxylic acids is 1. The fourth-order valence-corrected chi connectivity index (χ4v) is 6.14. The van der Waals surface area contributed by atoms with Gasteiger partial charge in [0.25, 0.3) is 5.56 Å². The molecule has 0 unspecified atom stereocenters. The van der Waals surface area contributed by atoms with Gasteiger partial charge in [0.05, 0.1) is 47.2 Å². The lowest BCUT2D eigenvalue weighted by Gasteiger charge is -2.25. The average Bonchev–Trinajstić information content (AvgIpc) is 3.33. The van der Waals surface area contributed by atoms with Gasteiger partial charge in [-0.2, -0.15) is 0 Å². The molecule has 1 N–H and O–H groups in total. The Morgan fingerprint density at radius 1 is 1.04 bits per heavy atom. The van der Waals surface area contributed by atoms with Crippen LogP contribution in [0.3, 0.4) is 0 Å². The Kier molecular flexibility index (Phi) is 9.72. The summed E-state index contributed by atoms with van der Waals surface area (Å²) in [6.07, 6.45) is 1.39. The average molecular weight is 643 g/mol. The normalized spacial score (nSPS) is 14.5. The number of carboxylic acid groups (broad SMARTS) is 1. The molecule has 1 aromatic heterocycles. The van der Waals surface area contributed by atoms with E-state index in [9.17, 15) is 19.5 Å². The molecule has 0 amide bonds. The van der Waals surface area contributed by atoms with Gasteiger partial charge in [0, 0.05) is 0 Å². The third-order valence-electron chi connectivity index (χ3n) is 7.14. The van der Waals surface area contributed by atoms with E-state index in [2.05, 4.69) is 4.99 Å². The highest BCUT2D eigenvalue weighted by molar-refractivity contribution is 7.07. The van der Waals surface area contributed by atoms with Crippen molar-refractivity contribution in [3.63, 3.8) is 0 Å². The number of nitrogens with zero attached hydrogens (tertiary/aromatic N) is 2. The van der Waals surface area contributed by atoms with E-state index in [0.29, 0.717) is 55.6 Å². The van der Waals surface area contributed by atoms with Crippen molar-refractivity contribution in [3.8, 4) is 17.2 Å². The monoisotopic (exact) mass is 642 g/mol. The minimum Gasteiger partial charge on any atom is -0.494 e. The molecule has 0 radical (unpaired) electrons. The van der Waals surface area contributed by atoms with Crippen molar-refractivity contribution in [1.29, 1.82) is 0 Å². The van der Waals surface area contributed by atoms with Crippen LogP contribution in [0.2, 0.25) is 0 Å². The first-order chi connectivity index (χ1) is 22.1. The number of aromatic nitrogens is 1. The summed E-state index contributed by atoms with van der Waals surface area (Å²) in [4.78, 5) is 43.8. The lowest BCUT2D eigenvalue weighted by molar-refractivity contribution is -0.143. The van der Waals surface area contributed by atoms with Gasteiger partial charge < -0.3 is 24.1 Å². The molecule has 1 aliphatic heterocycles. The van der Waals surface area contributed by atoms with Crippen LogP contribution < -0.4 is 29.1 Å². The smallest absolute Gasteiger partial charge is 0.338 e. The molecule has 0 fully saturated rings. The SMILES string of the molecule is CCOc1ccc([C@@H]2C(C(=O)OC(C)C)=C(C)N=c3s/c(=C/c4ccc(OCc5cccc(C(=O)O)c5)c(OC)c4)c(=O)n32)cc1. The van der Waals surface area contributed by atoms with Crippen molar-refractivity contribution in [2.45, 2.75) is 46.4 Å². The van der Waals surface area contributed by atoms with Crippen molar-refractivity contribution in [2.24, 2.45) is 4.99 Å². The standard InChI is InChI=1S/C35H34N2O8S/c1-6-43-26-13-11-24(12-14-26)31-30(34(41)45-20(2)3)21(4)36-35-37(31)32(38)29(46-35)18-22-10-15-27(28(17-22)42-5)44-19-23-8-7-9-25(16-23)33(39)40/h7-18,20,31H,6,19H2,1-5H3,(H,39,40)/b29-18+/t31-/m1/s1. The first-order valence-corrected chi connectivity index (χ1v) is 15.5. The Hall–Kier alpha value is -5.16. The molecular weight excluding hydrogens is 608 g/mol. The number of carbonyl (C=O) groups is 2. The molecule has 11 heteroatoms. The van der Waals surface area contributed by atoms with Crippen LogP contribution in [0.1, 0.15) is 60.8 Å². The van der Waals surface area contributed by atoms with Gasteiger partial charge in [-0.1, -0.05) is 41.7 Å². The fourth-order valence-electron chi connectivity index (χ4n) is 5.09. The number of thiazole rings is 1. The van der Waals surface area contributed by atoms with Crippen molar-refractivity contribution in [2.75, 3.05) is 13.7 Å². The van der Waals surface area contributed by atoms with Gasteiger partial charge in [0.15, 0.2) is 16.3 Å². The number of esters is 1. The largest absolute Gasteiger partial charge is 0.494 e. The lowest BCUT2D eigenvalue weighted by atomic mass is 9.96. The number of allylic oxidation sites excluding steroid dienone is 1. The fraction of sp³-hybridized carbons (Fsp3) is 0.257. The number of benzene rings is 3. The summed E-state index contributed by atoms with van der Waals surface area (Å²) in [5, 5.41) is 9.26. The predicted octanol–water partition coefficient (Wildman–Crippen LogP) is 4.87. The van der Waals surface area contributed by atoms with Gasteiger partial charge in [0.1, 0.15) is 12.4 Å². The molecular formula is C35H34N2O8S. The molecule has 0 bridgehead atoms. The molecule has 1 aliphatic rings. The van der Waals surface area contributed by atoms with Gasteiger partial charge in [-0.05, 0) is 86.9 Å². The molecule has 238 valence electrons. The molecule has 0 spiro atoms. The zero-order valence-electron chi connectivity index (χ0n) is 26.1. The predicted molar refractivity (Wildman–Crippen MR) is 173 cm³/mol. The third-order valence-corrected chi connectivity index (χ3v) is 8.13. The highest BCUT2D eigenvalue weighted by atomic mass is 32.1. The zero-order chi connectivity index (χ0) is 33.0. The van der Waals surface area contributed by atoms with Crippen LogP contribution in [-0.2, 0) is 16.1 Å². The van der Waals surface area contributed by atoms with E-state index in [1.807, 2.05) is 31.2 Å². The first-order valence-electron chi connectivity index (χ1n) is 14.7. The Morgan fingerprint density at radius 3 is 2.48 bits per heavy atom. The maximum absolute atomic E-state index is 14.0. The van der Waals surface area contributed by atoms with E-state index in [4.69, 9.17) is 18.9 Å². The molecule has 1 atom stereocenters. The Morgan fingerprint density at radius 2 is 1.80 bits per heavy atom. The highest BCUT2D eigenvalue weighted by Gasteiger charge is 2.33. The van der Waals surface area contributed by atoms with Crippen LogP contribution >= 0.6 is 11.3 Å². The second-order valence-electron chi connectivity index (χ2n) is 10.7. The summed E-state index contributed by atoms with van der Waals surface area (Å²) in [5.41, 5.74) is 2.76. The number of methoxy groups -OCH3 is 1. The van der Waals surface area contributed by atoms with E-state index in [1.54, 1.807) is 63.2 Å². The van der Waals surface area contributed by atoms with Crippen molar-refractivity contribution in [1.82, 2.24) is 4.57 Å². The van der Waals surface area contributed by atoms with Crippen molar-refractivity contribution in [3.05, 3.63) is 120 Å². The van der Waals surface area contributed by atoms with E-state index >= 15 is 0 Å². The van der Waals surface area contributed by atoms with Gasteiger partial charge in [-0.3, -0.25) is 9.36 Å². The maximum atomic E-state index is 14.0. The molecule has 0 saturated carbocycles. The van der Waals surface area contributed by atoms with Crippen LogP contribution in [0, 0.1) is 0 Å². The molecule has 4 aromatic rings. The van der Waals surface area contributed by atoms with Gasteiger partial charge >= 0.3 is 11.9 Å². The molecule has 2 heterocycles. The summed E-state index contributed by atoms with van der Waals surface area (Å²) >= 11 is 1.22. The molecule has 0 saturated heterocycles. The van der Waals surface area contributed by atoms with E-state index < -0.39 is 18.0 Å². The van der Waals surface area contributed by atoms with E-state index in [-0.39, 0.29) is 23.8 Å². The number of carbonyl (C=O) groups excluding carboxylic acids is 1. The van der Waals surface area contributed by atoms with Crippen LogP contribution in [0.25, 0.3) is 6.08 Å². The molecule has 5 rings (SSSR count). The highest BCUT2D eigenvalue weighted by Crippen LogP contribution is 2.32. The minimum atomic E-state index is -1.01. The third kappa shape index (κ3) is 6.89. The van der Waals surface area contributed by atoms with E-state index in [0.717, 1.165) is 5.56 Å². The molecule has 3 aromatic carbocycles. The molecule has 46 heavy (non-hydrogen) atoms. The van der Waals surface area contributed by atoms with Crippen molar-refractivity contribution < 1.29 is 33.6 Å². The summed E-state index contributed by atoms with van der Waals surface area (Å²) in [7, 11) is 1.52. The van der Waals surface area contributed by atoms with Gasteiger partial charge in [0.2, 0.25) is 0 Å². The number of rotatable bonds is 11. The number of fused-ring (bicyclic) bond motifs is 1. The lowest BCUT2D eigenvalue weighted by Crippen LogP contribution is -2.40. The van der Waals surface area contributed by atoms with Gasteiger partial charge in [-0.15, -0.1) is 0 Å². The zero-order valence-corrected chi connectivity index (χ0v) is 26.9. The van der Waals surface area contributed by atoms with Crippen LogP contribution in [-0.4, -0.2) is 41.4 Å². The summed E-state index contributed by atoms with van der Waals surface area (Å²) in [6.45, 7) is 7.85. The summed E-state index contributed by atoms with van der Waals surface area (Å²) in [5.74, 6) is 0.0426. The Balaban J connectivity index is 1.52. The quantitative estimate of drug-likeness (QED) is 0.230. The number of hydrogen-bond donors (Lipinski definition) is 1. The van der Waals surface area contributed by atoms with E-state index in [1.165, 1.54) is 29.1 Å². The van der Waals surface area contributed by atoms with Crippen LogP contribution in [0.4, 0.5) is 0 Å². The van der Waals surface area contributed by atoms with Gasteiger partial charge in [-0.25, -0.2) is 14.6 Å². The number of aromatic carboxylic acids is 1. The van der Waals surface area contributed by atoms with Crippen LogP contribution in [0.15, 0.2) is 87.8 Å². The second-order valence-corrected chi connectivity index (χ2v) is 11.8. The number of hydrogen-bond acceptors (Lipinski definition) is 9. The number of ether oxygens (including phenoxy) is 4. The Labute approximate surface area is 269 Å². The maximum Gasteiger partial charge on any atom is 0.338 e. The molecule has 10 nitrogen and oxygen atoms in total. The van der Waals surface area contributed by atoms with Crippen molar-refractivity contribution >= 4 is 29.4 Å². The molecule has 0 aliphatic carbocycles. The first kappa shape index (κ1) is 32.2. The summed E-state index contributed by atoms with van der Waals surface area (Å²) < 4.78 is 24.6. The topological polar surface area (TPSA) is 126 Å². The Bertz CT molecular complexity index is 1990. The second kappa shape index (κ2) is 13.9. The minimum absolute atomic E-state index is 0.141. The van der Waals surface area contributed by atoms with Crippen LogP contribution in [0.5, 0.6) is 17.2 Å².